The van der Waals surface area contributed by atoms with E-state index in [1.54, 1.807) is 6.08 Å². The monoisotopic (exact) mass is 496 g/mol. The molecule has 0 spiro atoms. The molecular formula is C26H38Cl2N2O3. The van der Waals surface area contributed by atoms with Crippen molar-refractivity contribution in [2.45, 2.75) is 32.1 Å². The van der Waals surface area contributed by atoms with E-state index in [9.17, 15) is 5.11 Å². The van der Waals surface area contributed by atoms with E-state index in [2.05, 4.69) is 53.6 Å². The Kier molecular flexibility index (Phi) is 14.4. The highest BCUT2D eigenvalue weighted by atomic mass is 35.5. The number of rotatable bonds is 12. The van der Waals surface area contributed by atoms with Gasteiger partial charge >= 0.3 is 0 Å². The minimum atomic E-state index is -0.458. The van der Waals surface area contributed by atoms with E-state index in [1.165, 1.54) is 5.56 Å². The van der Waals surface area contributed by atoms with E-state index in [-0.39, 0.29) is 31.0 Å². The standard InChI is InChI=1S/C26H36N2O3.2ClH/c1-3-20-31-24-12-10-23(11-13-24)25(29)14-15-27-16-18-28(19-17-27)26(30-4-2)21-22-8-6-5-7-9-22;;/h3,5-13,25-26,29H,1,4,14-21H2,2H3;2*1H. The number of nitrogens with zero attached hydrogens (tertiary/aromatic N) is 2. The Labute approximate surface area is 211 Å². The Morgan fingerprint density at radius 3 is 2.27 bits per heavy atom. The molecular weight excluding hydrogens is 459 g/mol. The maximum Gasteiger partial charge on any atom is 0.119 e. The van der Waals surface area contributed by atoms with E-state index in [1.807, 2.05) is 24.3 Å². The molecule has 0 amide bonds. The van der Waals surface area contributed by atoms with Crippen molar-refractivity contribution in [3.8, 4) is 5.75 Å². The Morgan fingerprint density at radius 2 is 1.67 bits per heavy atom. The van der Waals surface area contributed by atoms with Crippen molar-refractivity contribution in [3.05, 3.63) is 78.4 Å². The topological polar surface area (TPSA) is 45.2 Å². The maximum atomic E-state index is 10.6. The zero-order chi connectivity index (χ0) is 21.9. The van der Waals surface area contributed by atoms with Crippen LogP contribution in [0.25, 0.3) is 0 Å². The quantitative estimate of drug-likeness (QED) is 0.429. The first-order chi connectivity index (χ1) is 15.2. The van der Waals surface area contributed by atoms with Crippen molar-refractivity contribution in [2.24, 2.45) is 0 Å². The van der Waals surface area contributed by atoms with Gasteiger partial charge in [-0.3, -0.25) is 4.90 Å². The summed E-state index contributed by atoms with van der Waals surface area (Å²) < 4.78 is 11.6. The largest absolute Gasteiger partial charge is 0.490 e. The fourth-order valence-corrected chi connectivity index (χ4v) is 3.99. The first-order valence-corrected chi connectivity index (χ1v) is 11.3. The number of aliphatic hydroxyl groups excluding tert-OH is 1. The fraction of sp³-hybridized carbons (Fsp3) is 0.462. The minimum Gasteiger partial charge on any atom is -0.490 e. The molecule has 1 aliphatic rings. The van der Waals surface area contributed by atoms with Crippen LogP contribution in [0, 0.1) is 0 Å². The third-order valence-electron chi connectivity index (χ3n) is 5.78. The van der Waals surface area contributed by atoms with Gasteiger partial charge in [0.15, 0.2) is 0 Å². The summed E-state index contributed by atoms with van der Waals surface area (Å²) in [6.07, 6.45) is 3.04. The van der Waals surface area contributed by atoms with E-state index in [0.717, 1.165) is 63.5 Å². The predicted molar refractivity (Wildman–Crippen MR) is 140 cm³/mol. The summed E-state index contributed by atoms with van der Waals surface area (Å²) in [5.41, 5.74) is 2.25. The number of halogens is 2. The van der Waals surface area contributed by atoms with Crippen molar-refractivity contribution < 1.29 is 14.6 Å². The van der Waals surface area contributed by atoms with Gasteiger partial charge in [0.2, 0.25) is 0 Å². The van der Waals surface area contributed by atoms with Crippen molar-refractivity contribution in [1.29, 1.82) is 0 Å². The Balaban J connectivity index is 0.00000272. The maximum absolute atomic E-state index is 10.6. The molecule has 33 heavy (non-hydrogen) atoms. The lowest BCUT2D eigenvalue weighted by molar-refractivity contribution is -0.0719. The van der Waals surface area contributed by atoms with Crippen LogP contribution in [0.4, 0.5) is 0 Å². The van der Waals surface area contributed by atoms with Crippen LogP contribution in [0.3, 0.4) is 0 Å². The molecule has 0 saturated carbocycles. The summed E-state index contributed by atoms with van der Waals surface area (Å²) in [4.78, 5) is 4.89. The van der Waals surface area contributed by atoms with Crippen molar-refractivity contribution in [3.63, 3.8) is 0 Å². The van der Waals surface area contributed by atoms with Gasteiger partial charge in [0.1, 0.15) is 18.6 Å². The molecule has 1 aliphatic heterocycles. The lowest BCUT2D eigenvalue weighted by Crippen LogP contribution is -2.52. The van der Waals surface area contributed by atoms with Crippen LogP contribution < -0.4 is 4.74 Å². The van der Waals surface area contributed by atoms with Gasteiger partial charge in [-0.15, -0.1) is 24.8 Å². The van der Waals surface area contributed by atoms with Gasteiger partial charge in [0.05, 0.1) is 6.10 Å². The van der Waals surface area contributed by atoms with Crippen LogP contribution in [-0.4, -0.2) is 67.1 Å². The number of aliphatic hydroxyl groups is 1. The molecule has 3 rings (SSSR count). The third-order valence-corrected chi connectivity index (χ3v) is 5.78. The van der Waals surface area contributed by atoms with E-state index in [4.69, 9.17) is 9.47 Å². The molecule has 2 unspecified atom stereocenters. The predicted octanol–water partition coefficient (Wildman–Crippen LogP) is 4.74. The van der Waals surface area contributed by atoms with Gasteiger partial charge in [0, 0.05) is 45.8 Å². The Hall–Kier alpha value is -1.60. The van der Waals surface area contributed by atoms with E-state index in [0.29, 0.717) is 6.61 Å². The van der Waals surface area contributed by atoms with Crippen molar-refractivity contribution in [2.75, 3.05) is 45.9 Å². The smallest absolute Gasteiger partial charge is 0.119 e. The molecule has 1 heterocycles. The van der Waals surface area contributed by atoms with Gasteiger partial charge in [-0.25, -0.2) is 0 Å². The van der Waals surface area contributed by atoms with Crippen LogP contribution in [-0.2, 0) is 11.2 Å². The van der Waals surface area contributed by atoms with Gasteiger partial charge in [0.25, 0.3) is 0 Å². The highest BCUT2D eigenvalue weighted by Crippen LogP contribution is 2.21. The van der Waals surface area contributed by atoms with Crippen LogP contribution in [0.1, 0.15) is 30.6 Å². The molecule has 2 atom stereocenters. The molecule has 5 nitrogen and oxygen atoms in total. The molecule has 0 bridgehead atoms. The highest BCUT2D eigenvalue weighted by molar-refractivity contribution is 5.85. The second-order valence-corrected chi connectivity index (χ2v) is 7.95. The number of piperazine rings is 1. The molecule has 1 saturated heterocycles. The molecule has 1 N–H and O–H groups in total. The van der Waals surface area contributed by atoms with Gasteiger partial charge < -0.3 is 19.5 Å². The summed E-state index contributed by atoms with van der Waals surface area (Å²) in [7, 11) is 0. The van der Waals surface area contributed by atoms with Crippen molar-refractivity contribution >= 4 is 24.8 Å². The molecule has 184 valence electrons. The van der Waals surface area contributed by atoms with Gasteiger partial charge in [-0.1, -0.05) is 55.1 Å². The lowest BCUT2D eigenvalue weighted by Gasteiger charge is -2.39. The number of hydrogen-bond acceptors (Lipinski definition) is 5. The minimum absolute atomic E-state index is 0. The van der Waals surface area contributed by atoms with E-state index >= 15 is 0 Å². The average Bonchev–Trinajstić information content (AvgIpc) is 2.82. The van der Waals surface area contributed by atoms with Crippen LogP contribution in [0.15, 0.2) is 67.3 Å². The summed E-state index contributed by atoms with van der Waals surface area (Å²) in [6.45, 7) is 11.8. The molecule has 0 aromatic heterocycles. The van der Waals surface area contributed by atoms with Crippen LogP contribution in [0.2, 0.25) is 0 Å². The third kappa shape index (κ3) is 9.65. The normalized spacial score (nSPS) is 16.2. The second kappa shape index (κ2) is 16.1. The zero-order valence-electron chi connectivity index (χ0n) is 19.5. The Morgan fingerprint density at radius 1 is 1.00 bits per heavy atom. The average molecular weight is 498 g/mol. The van der Waals surface area contributed by atoms with Crippen LogP contribution in [0.5, 0.6) is 5.75 Å². The molecule has 1 fully saturated rings. The Bertz CT molecular complexity index is 769. The first-order valence-electron chi connectivity index (χ1n) is 11.3. The lowest BCUT2D eigenvalue weighted by atomic mass is 10.1. The molecule has 7 heteroatoms. The molecule has 2 aromatic carbocycles. The number of ether oxygens (including phenoxy) is 2. The zero-order valence-corrected chi connectivity index (χ0v) is 21.1. The highest BCUT2D eigenvalue weighted by Gasteiger charge is 2.24. The molecule has 0 radical (unpaired) electrons. The SMILES string of the molecule is C=CCOc1ccc(C(O)CCN2CCN(C(Cc3ccccc3)OCC)CC2)cc1.Cl.Cl. The van der Waals surface area contributed by atoms with Gasteiger partial charge in [-0.2, -0.15) is 0 Å². The van der Waals surface area contributed by atoms with E-state index < -0.39 is 6.10 Å². The number of benzene rings is 2. The summed E-state index contributed by atoms with van der Waals surface area (Å²) in [6, 6.07) is 18.3. The fourth-order valence-electron chi connectivity index (χ4n) is 3.99. The summed E-state index contributed by atoms with van der Waals surface area (Å²) in [5, 5.41) is 10.6. The van der Waals surface area contributed by atoms with Crippen molar-refractivity contribution in [1.82, 2.24) is 9.80 Å². The first kappa shape index (κ1) is 29.4. The second-order valence-electron chi connectivity index (χ2n) is 7.95. The van der Waals surface area contributed by atoms with Crippen LogP contribution >= 0.6 is 24.8 Å². The summed E-state index contributed by atoms with van der Waals surface area (Å²) in [5.74, 6) is 0.798. The molecule has 0 aliphatic carbocycles. The van der Waals surface area contributed by atoms with Gasteiger partial charge in [-0.05, 0) is 36.6 Å². The summed E-state index contributed by atoms with van der Waals surface area (Å²) >= 11 is 0. The number of hydrogen-bond donors (Lipinski definition) is 1. The molecule has 2 aromatic rings.